The molecule has 0 bridgehead atoms. The lowest BCUT2D eigenvalue weighted by molar-refractivity contribution is 0.405. The number of hydrogen-bond acceptors (Lipinski definition) is 2. The second-order valence-electron chi connectivity index (χ2n) is 6.29. The molecule has 0 spiro atoms. The van der Waals surface area contributed by atoms with Gasteiger partial charge in [-0.15, -0.1) is 11.3 Å². The third-order valence-electron chi connectivity index (χ3n) is 3.30. The molecule has 1 aromatic heterocycles. The molecule has 1 atom stereocenters. The fraction of sp³-hybridized carbons (Fsp3) is 0.412. The van der Waals surface area contributed by atoms with Gasteiger partial charge in [-0.3, -0.25) is 0 Å². The number of benzene rings is 1. The molecule has 1 N–H and O–H groups in total. The summed E-state index contributed by atoms with van der Waals surface area (Å²) in [6.07, 6.45) is 1.04. The Hall–Kier alpha value is -0.350. The van der Waals surface area contributed by atoms with Crippen LogP contribution in [0.5, 0.6) is 0 Å². The van der Waals surface area contributed by atoms with Crippen molar-refractivity contribution >= 4 is 38.9 Å². The van der Waals surface area contributed by atoms with E-state index in [4.69, 9.17) is 11.6 Å². The summed E-state index contributed by atoms with van der Waals surface area (Å²) in [4.78, 5) is 1.40. The first kappa shape index (κ1) is 17.0. The Morgan fingerprint density at radius 3 is 2.33 bits per heavy atom. The summed E-state index contributed by atoms with van der Waals surface area (Å²) in [5, 5.41) is 4.41. The third kappa shape index (κ3) is 5.74. The molecule has 21 heavy (non-hydrogen) atoms. The van der Waals surface area contributed by atoms with Crippen molar-refractivity contribution in [3.05, 3.63) is 55.6 Å². The zero-order chi connectivity index (χ0) is 15.5. The SMILES string of the molecule is CC(C)(C)NCC(Cc1ccc(Br)s1)c1ccc(Cl)cc1. The maximum Gasteiger partial charge on any atom is 0.0701 e. The van der Waals surface area contributed by atoms with Crippen LogP contribution in [0.25, 0.3) is 0 Å². The molecule has 0 fully saturated rings. The Morgan fingerprint density at radius 2 is 1.81 bits per heavy atom. The molecule has 1 heterocycles. The lowest BCUT2D eigenvalue weighted by Crippen LogP contribution is -2.38. The monoisotopic (exact) mass is 385 g/mol. The van der Waals surface area contributed by atoms with Gasteiger partial charge in [-0.1, -0.05) is 23.7 Å². The van der Waals surface area contributed by atoms with Crippen molar-refractivity contribution < 1.29 is 0 Å². The molecule has 1 unspecified atom stereocenters. The van der Waals surface area contributed by atoms with Crippen molar-refractivity contribution in [3.63, 3.8) is 0 Å². The summed E-state index contributed by atoms with van der Waals surface area (Å²) in [5.41, 5.74) is 1.46. The van der Waals surface area contributed by atoms with Crippen LogP contribution in [0.3, 0.4) is 0 Å². The maximum absolute atomic E-state index is 6.01. The molecule has 0 saturated carbocycles. The van der Waals surface area contributed by atoms with Gasteiger partial charge in [0, 0.05) is 27.9 Å². The highest BCUT2D eigenvalue weighted by atomic mass is 79.9. The molecular formula is C17H21BrClNS. The van der Waals surface area contributed by atoms with E-state index < -0.39 is 0 Å². The van der Waals surface area contributed by atoms with Crippen LogP contribution in [0.1, 0.15) is 37.1 Å². The van der Waals surface area contributed by atoms with E-state index in [0.717, 1.165) is 18.0 Å². The van der Waals surface area contributed by atoms with Crippen LogP contribution in [0, 0.1) is 0 Å². The predicted octanol–water partition coefficient (Wildman–Crippen LogP) is 5.88. The molecule has 114 valence electrons. The van der Waals surface area contributed by atoms with Gasteiger partial charge in [0.15, 0.2) is 0 Å². The molecule has 1 aromatic carbocycles. The second-order valence-corrected chi connectivity index (χ2v) is 9.27. The van der Waals surface area contributed by atoms with Gasteiger partial charge >= 0.3 is 0 Å². The fourth-order valence-electron chi connectivity index (χ4n) is 2.18. The molecule has 0 amide bonds. The number of halogens is 2. The summed E-state index contributed by atoms with van der Waals surface area (Å²) < 4.78 is 1.19. The summed E-state index contributed by atoms with van der Waals surface area (Å²) in [6.45, 7) is 7.57. The van der Waals surface area contributed by atoms with Gasteiger partial charge in [0.05, 0.1) is 3.79 Å². The molecule has 0 aliphatic carbocycles. The highest BCUT2D eigenvalue weighted by molar-refractivity contribution is 9.11. The highest BCUT2D eigenvalue weighted by Gasteiger charge is 2.17. The Bertz CT molecular complexity index is 571. The minimum Gasteiger partial charge on any atom is -0.311 e. The van der Waals surface area contributed by atoms with Crippen molar-refractivity contribution in [2.45, 2.75) is 38.6 Å². The van der Waals surface area contributed by atoms with Crippen LogP contribution in [0.4, 0.5) is 0 Å². The molecule has 2 rings (SSSR count). The van der Waals surface area contributed by atoms with Crippen molar-refractivity contribution in [2.75, 3.05) is 6.54 Å². The molecular weight excluding hydrogens is 366 g/mol. The van der Waals surface area contributed by atoms with Gasteiger partial charge in [0.25, 0.3) is 0 Å². The van der Waals surface area contributed by atoms with Crippen LogP contribution in [-0.2, 0) is 6.42 Å². The predicted molar refractivity (Wildman–Crippen MR) is 97.7 cm³/mol. The summed E-state index contributed by atoms with van der Waals surface area (Å²) in [5.74, 6) is 0.451. The number of hydrogen-bond donors (Lipinski definition) is 1. The van der Waals surface area contributed by atoms with Gasteiger partial charge in [-0.25, -0.2) is 0 Å². The molecule has 1 nitrogen and oxygen atoms in total. The first-order valence-corrected chi connectivity index (χ1v) is 9.07. The lowest BCUT2D eigenvalue weighted by Gasteiger charge is -2.25. The highest BCUT2D eigenvalue weighted by Crippen LogP contribution is 2.28. The Morgan fingerprint density at radius 1 is 1.14 bits per heavy atom. The average Bonchev–Trinajstić information content (AvgIpc) is 2.80. The first-order valence-electron chi connectivity index (χ1n) is 7.08. The van der Waals surface area contributed by atoms with Gasteiger partial charge in [-0.05, 0) is 73.0 Å². The van der Waals surface area contributed by atoms with E-state index in [1.807, 2.05) is 23.5 Å². The Labute approximate surface area is 144 Å². The molecule has 2 aromatic rings. The summed E-state index contributed by atoms with van der Waals surface area (Å²) in [6, 6.07) is 12.6. The van der Waals surface area contributed by atoms with Crippen LogP contribution in [0.2, 0.25) is 5.02 Å². The van der Waals surface area contributed by atoms with E-state index >= 15 is 0 Å². The van der Waals surface area contributed by atoms with Crippen LogP contribution >= 0.6 is 38.9 Å². The zero-order valence-electron chi connectivity index (χ0n) is 12.6. The van der Waals surface area contributed by atoms with Gasteiger partial charge in [-0.2, -0.15) is 0 Å². The van der Waals surface area contributed by atoms with Gasteiger partial charge < -0.3 is 5.32 Å². The standard InChI is InChI=1S/C17H21BrClNS/c1-17(2,3)20-11-13(10-15-8-9-16(18)21-15)12-4-6-14(19)7-5-12/h4-9,13,20H,10-11H2,1-3H3. The topological polar surface area (TPSA) is 12.0 Å². The molecule has 0 saturated heterocycles. The van der Waals surface area contributed by atoms with Gasteiger partial charge in [0.1, 0.15) is 0 Å². The second kappa shape index (κ2) is 7.28. The normalized spacial score (nSPS) is 13.4. The van der Waals surface area contributed by atoms with Crippen molar-refractivity contribution in [1.29, 1.82) is 0 Å². The molecule has 0 radical (unpaired) electrons. The van der Waals surface area contributed by atoms with Gasteiger partial charge in [0.2, 0.25) is 0 Å². The van der Waals surface area contributed by atoms with E-state index in [9.17, 15) is 0 Å². The molecule has 4 heteroatoms. The van der Waals surface area contributed by atoms with Crippen LogP contribution in [-0.4, -0.2) is 12.1 Å². The van der Waals surface area contributed by atoms with E-state index in [2.05, 4.69) is 66.3 Å². The maximum atomic E-state index is 6.01. The number of thiophene rings is 1. The van der Waals surface area contributed by atoms with Crippen LogP contribution in [0.15, 0.2) is 40.2 Å². The lowest BCUT2D eigenvalue weighted by atomic mass is 9.94. The third-order valence-corrected chi connectivity index (χ3v) is 5.19. The molecule has 0 aliphatic rings. The summed E-state index contributed by atoms with van der Waals surface area (Å²) >= 11 is 11.4. The van der Waals surface area contributed by atoms with E-state index in [0.29, 0.717) is 5.92 Å². The van der Waals surface area contributed by atoms with Crippen molar-refractivity contribution in [2.24, 2.45) is 0 Å². The van der Waals surface area contributed by atoms with Crippen molar-refractivity contribution in [3.8, 4) is 0 Å². The van der Waals surface area contributed by atoms with Crippen molar-refractivity contribution in [1.82, 2.24) is 5.32 Å². The minimum absolute atomic E-state index is 0.126. The zero-order valence-corrected chi connectivity index (χ0v) is 15.8. The Kier molecular flexibility index (Phi) is 5.89. The quantitative estimate of drug-likeness (QED) is 0.676. The fourth-order valence-corrected chi connectivity index (χ4v) is 3.87. The van der Waals surface area contributed by atoms with E-state index in [1.54, 1.807) is 0 Å². The van der Waals surface area contributed by atoms with E-state index in [-0.39, 0.29) is 5.54 Å². The number of rotatable bonds is 5. The smallest absolute Gasteiger partial charge is 0.0701 e. The average molecular weight is 387 g/mol. The minimum atomic E-state index is 0.126. The van der Waals surface area contributed by atoms with Crippen LogP contribution < -0.4 is 5.32 Å². The Balaban J connectivity index is 2.15. The largest absolute Gasteiger partial charge is 0.311 e. The molecule has 0 aliphatic heterocycles. The summed E-state index contributed by atoms with van der Waals surface area (Å²) in [7, 11) is 0. The number of nitrogens with one attached hydrogen (secondary N) is 1. The first-order chi connectivity index (χ1) is 9.83. The van der Waals surface area contributed by atoms with E-state index in [1.165, 1.54) is 14.2 Å².